The molecule has 5 aliphatic rings. The number of alkyl halides is 1. The third kappa shape index (κ3) is 1.23. The van der Waals surface area contributed by atoms with E-state index in [9.17, 15) is 9.59 Å². The Morgan fingerprint density at radius 2 is 2.35 bits per heavy atom. The molecule has 2 saturated carbocycles. The fourth-order valence-electron chi connectivity index (χ4n) is 4.63. The van der Waals surface area contributed by atoms with Crippen molar-refractivity contribution in [2.24, 2.45) is 11.3 Å². The van der Waals surface area contributed by atoms with Crippen molar-refractivity contribution in [3.8, 4) is 0 Å². The monoisotopic (exact) mass is 340 g/mol. The third-order valence-corrected chi connectivity index (χ3v) is 6.74. The summed E-state index contributed by atoms with van der Waals surface area (Å²) in [5, 5.41) is 0. The summed E-state index contributed by atoms with van der Waals surface area (Å²) in [6.45, 7) is 2.65. The van der Waals surface area contributed by atoms with Gasteiger partial charge in [-0.1, -0.05) is 27.6 Å². The number of hydrogen-bond donors (Lipinski definition) is 0. The normalized spacial score (nSPS) is 48.2. The van der Waals surface area contributed by atoms with Gasteiger partial charge in [-0.25, -0.2) is 0 Å². The number of esters is 1. The number of carbonyl (C=O) groups is 2. The van der Waals surface area contributed by atoms with Crippen LogP contribution in [-0.4, -0.2) is 34.9 Å². The van der Waals surface area contributed by atoms with Crippen molar-refractivity contribution in [3.63, 3.8) is 0 Å². The predicted molar refractivity (Wildman–Crippen MR) is 74.5 cm³/mol. The maximum absolute atomic E-state index is 12.9. The summed E-state index contributed by atoms with van der Waals surface area (Å²) in [5.41, 5.74) is 0.420. The van der Waals surface area contributed by atoms with Gasteiger partial charge in [-0.3, -0.25) is 9.59 Å². The van der Waals surface area contributed by atoms with E-state index in [1.807, 2.05) is 6.08 Å². The summed E-state index contributed by atoms with van der Waals surface area (Å²) in [7, 11) is 0. The first-order valence-electron chi connectivity index (χ1n) is 7.27. The van der Waals surface area contributed by atoms with Crippen LogP contribution in [-0.2, 0) is 19.1 Å². The van der Waals surface area contributed by atoms with Gasteiger partial charge >= 0.3 is 5.97 Å². The number of epoxide rings is 1. The SMILES string of the molecule is CCOC(=O)[C@@H]1C[C@]23CCCC2=C[C@@]1(Br)C(=O)[C@@]31CO1. The Labute approximate surface area is 126 Å². The van der Waals surface area contributed by atoms with Crippen LogP contribution in [0, 0.1) is 11.3 Å². The van der Waals surface area contributed by atoms with Gasteiger partial charge < -0.3 is 9.47 Å². The molecule has 4 aliphatic carbocycles. The number of allylic oxidation sites excluding steroid dienone is 1. The number of Topliss-reactive ketones (excluding diaryl/α,β-unsaturated/α-hetero) is 1. The summed E-state index contributed by atoms with van der Waals surface area (Å²) in [6, 6.07) is 0. The van der Waals surface area contributed by atoms with E-state index in [4.69, 9.17) is 9.47 Å². The highest BCUT2D eigenvalue weighted by Crippen LogP contribution is 2.70. The van der Waals surface area contributed by atoms with Crippen LogP contribution in [0.5, 0.6) is 0 Å². The first-order chi connectivity index (χ1) is 9.50. The summed E-state index contributed by atoms with van der Waals surface area (Å²) in [5.74, 6) is -0.665. The van der Waals surface area contributed by atoms with E-state index >= 15 is 0 Å². The lowest BCUT2D eigenvalue weighted by Crippen LogP contribution is -2.65. The van der Waals surface area contributed by atoms with Crippen molar-refractivity contribution in [3.05, 3.63) is 11.6 Å². The Bertz CT molecular complexity index is 550. The van der Waals surface area contributed by atoms with Crippen LogP contribution < -0.4 is 0 Å². The third-order valence-electron chi connectivity index (χ3n) is 5.60. The first kappa shape index (κ1) is 13.0. The Morgan fingerprint density at radius 3 is 3.00 bits per heavy atom. The van der Waals surface area contributed by atoms with E-state index < -0.39 is 15.8 Å². The van der Waals surface area contributed by atoms with Crippen LogP contribution >= 0.6 is 15.9 Å². The highest BCUT2D eigenvalue weighted by Gasteiger charge is 2.79. The Morgan fingerprint density at radius 1 is 1.60 bits per heavy atom. The number of carbonyl (C=O) groups excluding carboxylic acids is 2. The van der Waals surface area contributed by atoms with E-state index in [-0.39, 0.29) is 17.2 Å². The van der Waals surface area contributed by atoms with Crippen LogP contribution in [0.2, 0.25) is 0 Å². The average molecular weight is 341 g/mol. The second-order valence-corrected chi connectivity index (χ2v) is 7.64. The molecule has 0 aromatic heterocycles. The summed E-state index contributed by atoms with van der Waals surface area (Å²) in [6.07, 6.45) is 5.71. The lowest BCUT2D eigenvalue weighted by atomic mass is 9.51. The van der Waals surface area contributed by atoms with Gasteiger partial charge in [0.1, 0.15) is 4.32 Å². The van der Waals surface area contributed by atoms with Crippen LogP contribution in [0.25, 0.3) is 0 Å². The zero-order valence-corrected chi connectivity index (χ0v) is 13.0. The molecule has 4 atom stereocenters. The Balaban J connectivity index is 1.84. The molecule has 0 aromatic carbocycles. The topological polar surface area (TPSA) is 55.9 Å². The molecule has 0 aromatic rings. The van der Waals surface area contributed by atoms with Crippen LogP contribution in [0.3, 0.4) is 0 Å². The Kier molecular flexibility index (Phi) is 2.44. The average Bonchev–Trinajstić information content (AvgIpc) is 3.11. The molecule has 1 saturated heterocycles. The Hall–Kier alpha value is -0.680. The maximum Gasteiger partial charge on any atom is 0.311 e. The number of halogens is 1. The molecule has 1 heterocycles. The predicted octanol–water partition coefficient (Wildman–Crippen LogP) is 2.15. The minimum absolute atomic E-state index is 0.0277. The lowest BCUT2D eigenvalue weighted by Gasteiger charge is -2.53. The molecular weight excluding hydrogens is 324 g/mol. The molecule has 4 nitrogen and oxygen atoms in total. The van der Waals surface area contributed by atoms with Gasteiger partial charge in [0.05, 0.1) is 19.1 Å². The number of ketones is 1. The van der Waals surface area contributed by atoms with Gasteiger partial charge in [-0.15, -0.1) is 0 Å². The quantitative estimate of drug-likeness (QED) is 0.334. The van der Waals surface area contributed by atoms with Gasteiger partial charge in [0, 0.05) is 5.41 Å². The molecule has 0 radical (unpaired) electrons. The molecule has 1 aliphatic heterocycles. The van der Waals surface area contributed by atoms with Gasteiger partial charge in [-0.05, 0) is 32.6 Å². The van der Waals surface area contributed by atoms with Crippen molar-refractivity contribution >= 4 is 27.7 Å². The van der Waals surface area contributed by atoms with Crippen LogP contribution in [0.15, 0.2) is 11.6 Å². The van der Waals surface area contributed by atoms with Crippen molar-refractivity contribution in [2.45, 2.75) is 42.5 Å². The van der Waals surface area contributed by atoms with Gasteiger partial charge in [0.25, 0.3) is 0 Å². The molecule has 0 N–H and O–H groups in total. The van der Waals surface area contributed by atoms with Crippen LogP contribution in [0.4, 0.5) is 0 Å². The van der Waals surface area contributed by atoms with Gasteiger partial charge in [-0.2, -0.15) is 0 Å². The fraction of sp³-hybridized carbons (Fsp3) is 0.733. The molecule has 20 heavy (non-hydrogen) atoms. The highest BCUT2D eigenvalue weighted by molar-refractivity contribution is 9.10. The van der Waals surface area contributed by atoms with Gasteiger partial charge in [0.15, 0.2) is 11.4 Å². The highest BCUT2D eigenvalue weighted by atomic mass is 79.9. The fourth-order valence-corrected chi connectivity index (χ4v) is 5.57. The molecule has 0 amide bonds. The second-order valence-electron chi connectivity index (χ2n) is 6.33. The van der Waals surface area contributed by atoms with Gasteiger partial charge in [0.2, 0.25) is 0 Å². The molecule has 108 valence electrons. The van der Waals surface area contributed by atoms with Crippen LogP contribution in [0.1, 0.15) is 32.6 Å². The minimum atomic E-state index is -0.919. The van der Waals surface area contributed by atoms with Crippen molar-refractivity contribution in [1.29, 1.82) is 0 Å². The largest absolute Gasteiger partial charge is 0.466 e. The number of fused-ring (bicyclic) bond motifs is 1. The van der Waals surface area contributed by atoms with Crippen molar-refractivity contribution in [2.75, 3.05) is 13.2 Å². The number of ether oxygens (including phenoxy) is 2. The molecule has 5 rings (SSSR count). The van der Waals surface area contributed by atoms with Crippen molar-refractivity contribution < 1.29 is 19.1 Å². The van der Waals surface area contributed by atoms with Crippen molar-refractivity contribution in [1.82, 2.24) is 0 Å². The molecule has 2 spiro atoms. The molecule has 0 unspecified atom stereocenters. The maximum atomic E-state index is 12.9. The number of rotatable bonds is 2. The minimum Gasteiger partial charge on any atom is -0.466 e. The molecule has 5 heteroatoms. The molecular formula is C15H17BrO4. The summed E-state index contributed by atoms with van der Waals surface area (Å²) < 4.78 is 9.94. The smallest absolute Gasteiger partial charge is 0.311 e. The van der Waals surface area contributed by atoms with E-state index in [2.05, 4.69) is 15.9 Å². The standard InChI is InChI=1S/C15H17BrO4/c1-2-19-11(17)10-7-13-5-3-4-9(13)6-14(10,16)12(18)15(13)8-20-15/h6,10H,2-5,7-8H2,1H3/t10-,13+,14-,15-/m0/s1. The number of hydrogen-bond acceptors (Lipinski definition) is 4. The van der Waals surface area contributed by atoms with E-state index in [0.717, 1.165) is 19.3 Å². The first-order valence-corrected chi connectivity index (χ1v) is 8.06. The van der Waals surface area contributed by atoms with E-state index in [1.54, 1.807) is 6.92 Å². The zero-order chi connectivity index (χ0) is 14.2. The summed E-state index contributed by atoms with van der Waals surface area (Å²) >= 11 is 3.58. The van der Waals surface area contributed by atoms with E-state index in [0.29, 0.717) is 19.6 Å². The summed E-state index contributed by atoms with van der Waals surface area (Å²) in [4.78, 5) is 25.2. The van der Waals surface area contributed by atoms with E-state index in [1.165, 1.54) is 5.57 Å². The second kappa shape index (κ2) is 3.74. The zero-order valence-electron chi connectivity index (χ0n) is 11.4. The molecule has 2 bridgehead atoms. The molecule has 3 fully saturated rings. The lowest BCUT2D eigenvalue weighted by molar-refractivity contribution is -0.158.